The van der Waals surface area contributed by atoms with Crippen LogP contribution >= 0.6 is 0 Å². The van der Waals surface area contributed by atoms with Crippen molar-refractivity contribution in [2.45, 2.75) is 26.4 Å². The SMILES string of the molecule is CC(C)C(C#N)C(=O)N1CC[C@@H](O)C1. The van der Waals surface area contributed by atoms with Gasteiger partial charge in [-0.25, -0.2) is 0 Å². The van der Waals surface area contributed by atoms with E-state index >= 15 is 0 Å². The normalized spacial score (nSPS) is 23.6. The van der Waals surface area contributed by atoms with E-state index in [2.05, 4.69) is 0 Å². The highest BCUT2D eigenvalue weighted by atomic mass is 16.3. The lowest BCUT2D eigenvalue weighted by molar-refractivity contribution is -0.134. The fraction of sp³-hybridized carbons (Fsp3) is 0.800. The maximum absolute atomic E-state index is 11.8. The van der Waals surface area contributed by atoms with Crippen molar-refractivity contribution in [2.75, 3.05) is 13.1 Å². The Bertz CT molecular complexity index is 257. The Morgan fingerprint density at radius 3 is 2.64 bits per heavy atom. The van der Waals surface area contributed by atoms with E-state index in [0.29, 0.717) is 19.5 Å². The van der Waals surface area contributed by atoms with Gasteiger partial charge in [0.25, 0.3) is 0 Å². The molecular weight excluding hydrogens is 180 g/mol. The third kappa shape index (κ3) is 2.24. The van der Waals surface area contributed by atoms with Crippen LogP contribution in [0.25, 0.3) is 0 Å². The number of amides is 1. The van der Waals surface area contributed by atoms with E-state index in [-0.39, 0.29) is 11.8 Å². The topological polar surface area (TPSA) is 64.3 Å². The first-order chi connectivity index (χ1) is 6.56. The van der Waals surface area contributed by atoms with Gasteiger partial charge >= 0.3 is 0 Å². The van der Waals surface area contributed by atoms with Gasteiger partial charge < -0.3 is 10.0 Å². The summed E-state index contributed by atoms with van der Waals surface area (Å²) in [7, 11) is 0. The maximum Gasteiger partial charge on any atom is 0.240 e. The molecule has 1 heterocycles. The smallest absolute Gasteiger partial charge is 0.240 e. The molecule has 0 aromatic rings. The summed E-state index contributed by atoms with van der Waals surface area (Å²) in [6, 6.07) is 2.02. The zero-order valence-electron chi connectivity index (χ0n) is 8.60. The van der Waals surface area contributed by atoms with Crippen LogP contribution in [0.15, 0.2) is 0 Å². The van der Waals surface area contributed by atoms with Crippen molar-refractivity contribution in [2.24, 2.45) is 11.8 Å². The predicted molar refractivity (Wildman–Crippen MR) is 51.1 cm³/mol. The number of carbonyl (C=O) groups is 1. The summed E-state index contributed by atoms with van der Waals surface area (Å²) in [5.74, 6) is -0.676. The Morgan fingerprint density at radius 1 is 1.64 bits per heavy atom. The Hall–Kier alpha value is -1.08. The molecule has 1 unspecified atom stereocenters. The summed E-state index contributed by atoms with van der Waals surface area (Å²) in [4.78, 5) is 13.3. The summed E-state index contributed by atoms with van der Waals surface area (Å²) in [5, 5.41) is 18.1. The first-order valence-corrected chi connectivity index (χ1v) is 4.92. The maximum atomic E-state index is 11.8. The summed E-state index contributed by atoms with van der Waals surface area (Å²) < 4.78 is 0. The highest BCUT2D eigenvalue weighted by Gasteiger charge is 2.31. The van der Waals surface area contributed by atoms with Crippen LogP contribution in [0.5, 0.6) is 0 Å². The monoisotopic (exact) mass is 196 g/mol. The molecule has 1 N–H and O–H groups in total. The van der Waals surface area contributed by atoms with Gasteiger partial charge in [0.1, 0.15) is 5.92 Å². The molecule has 0 radical (unpaired) electrons. The van der Waals surface area contributed by atoms with Crippen molar-refractivity contribution in [3.63, 3.8) is 0 Å². The molecule has 0 aromatic heterocycles. The molecule has 1 amide bonds. The van der Waals surface area contributed by atoms with Crippen LogP contribution in [0.3, 0.4) is 0 Å². The van der Waals surface area contributed by atoms with Gasteiger partial charge in [-0.2, -0.15) is 5.26 Å². The minimum absolute atomic E-state index is 0.0326. The van der Waals surface area contributed by atoms with Gasteiger partial charge in [0, 0.05) is 13.1 Å². The number of hydrogen-bond donors (Lipinski definition) is 1. The van der Waals surface area contributed by atoms with Gasteiger partial charge in [-0.3, -0.25) is 4.79 Å². The van der Waals surface area contributed by atoms with Crippen molar-refractivity contribution in [1.29, 1.82) is 5.26 Å². The van der Waals surface area contributed by atoms with Crippen molar-refractivity contribution in [1.82, 2.24) is 4.90 Å². The molecule has 1 saturated heterocycles. The van der Waals surface area contributed by atoms with Gasteiger partial charge in [0.05, 0.1) is 12.2 Å². The molecule has 0 aromatic carbocycles. The number of aliphatic hydroxyl groups excluding tert-OH is 1. The average Bonchev–Trinajstić information content (AvgIpc) is 2.52. The zero-order valence-corrected chi connectivity index (χ0v) is 8.60. The average molecular weight is 196 g/mol. The lowest BCUT2D eigenvalue weighted by Crippen LogP contribution is -2.36. The minimum Gasteiger partial charge on any atom is -0.391 e. The minimum atomic E-state index is -0.569. The molecule has 2 atom stereocenters. The second kappa shape index (κ2) is 4.43. The summed E-state index contributed by atoms with van der Waals surface area (Å²) in [6.07, 6.45) is 0.215. The summed E-state index contributed by atoms with van der Waals surface area (Å²) >= 11 is 0. The van der Waals surface area contributed by atoms with Crippen LogP contribution in [-0.2, 0) is 4.79 Å². The first kappa shape index (κ1) is 11.0. The van der Waals surface area contributed by atoms with Crippen LogP contribution < -0.4 is 0 Å². The third-order valence-corrected chi connectivity index (χ3v) is 2.55. The number of hydrogen-bond acceptors (Lipinski definition) is 3. The standard InChI is InChI=1S/C10H16N2O2/c1-7(2)9(5-11)10(14)12-4-3-8(13)6-12/h7-9,13H,3-4,6H2,1-2H3/t8-,9?/m1/s1. The number of carbonyl (C=O) groups excluding carboxylic acids is 1. The number of β-amino-alcohol motifs (C(OH)–C–C–N with tert-alkyl or cyclic N) is 1. The largest absolute Gasteiger partial charge is 0.391 e. The van der Waals surface area contributed by atoms with E-state index in [4.69, 9.17) is 5.26 Å². The lowest BCUT2D eigenvalue weighted by atomic mass is 9.96. The van der Waals surface area contributed by atoms with Gasteiger partial charge in [0.2, 0.25) is 5.91 Å². The van der Waals surface area contributed by atoms with Crippen LogP contribution in [0, 0.1) is 23.2 Å². The fourth-order valence-corrected chi connectivity index (χ4v) is 1.63. The third-order valence-electron chi connectivity index (χ3n) is 2.55. The molecule has 1 fully saturated rings. The van der Waals surface area contributed by atoms with E-state index in [9.17, 15) is 9.90 Å². The Balaban J connectivity index is 2.60. The number of nitriles is 1. The molecule has 78 valence electrons. The molecule has 1 rings (SSSR count). The van der Waals surface area contributed by atoms with Crippen molar-refractivity contribution >= 4 is 5.91 Å². The quantitative estimate of drug-likeness (QED) is 0.694. The second-order valence-electron chi connectivity index (χ2n) is 4.08. The first-order valence-electron chi connectivity index (χ1n) is 4.92. The van der Waals surface area contributed by atoms with Crippen LogP contribution in [0.1, 0.15) is 20.3 Å². The summed E-state index contributed by atoms with van der Waals surface area (Å²) in [5.41, 5.74) is 0. The molecule has 14 heavy (non-hydrogen) atoms. The molecule has 0 aliphatic carbocycles. The number of aliphatic hydroxyl groups is 1. The molecule has 0 saturated carbocycles. The lowest BCUT2D eigenvalue weighted by Gasteiger charge is -2.20. The number of nitrogens with zero attached hydrogens (tertiary/aromatic N) is 2. The van der Waals surface area contributed by atoms with E-state index in [1.54, 1.807) is 4.90 Å². The van der Waals surface area contributed by atoms with E-state index < -0.39 is 12.0 Å². The second-order valence-corrected chi connectivity index (χ2v) is 4.08. The van der Waals surface area contributed by atoms with Gasteiger partial charge in [-0.1, -0.05) is 13.8 Å². The summed E-state index contributed by atoms with van der Waals surface area (Å²) in [6.45, 7) is 4.67. The van der Waals surface area contributed by atoms with Crippen molar-refractivity contribution in [3.8, 4) is 6.07 Å². The fourth-order valence-electron chi connectivity index (χ4n) is 1.63. The highest BCUT2D eigenvalue weighted by molar-refractivity contribution is 5.81. The zero-order chi connectivity index (χ0) is 10.7. The van der Waals surface area contributed by atoms with E-state index in [1.165, 1.54) is 0 Å². The molecule has 1 aliphatic heterocycles. The van der Waals surface area contributed by atoms with Gasteiger partial charge in [-0.15, -0.1) is 0 Å². The van der Waals surface area contributed by atoms with E-state index in [1.807, 2.05) is 19.9 Å². The molecule has 4 nitrogen and oxygen atoms in total. The van der Waals surface area contributed by atoms with Gasteiger partial charge in [0.15, 0.2) is 0 Å². The molecule has 0 bridgehead atoms. The highest BCUT2D eigenvalue weighted by Crippen LogP contribution is 2.17. The number of likely N-dealkylation sites (tertiary alicyclic amines) is 1. The van der Waals surface area contributed by atoms with Crippen LogP contribution in [0.2, 0.25) is 0 Å². The Kier molecular flexibility index (Phi) is 3.48. The molecule has 1 aliphatic rings. The Labute approximate surface area is 84.1 Å². The van der Waals surface area contributed by atoms with Crippen molar-refractivity contribution < 1.29 is 9.90 Å². The van der Waals surface area contributed by atoms with Crippen LogP contribution in [0.4, 0.5) is 0 Å². The predicted octanol–water partition coefficient (Wildman–Crippen LogP) is 0.375. The number of rotatable bonds is 2. The van der Waals surface area contributed by atoms with Gasteiger partial charge in [-0.05, 0) is 12.3 Å². The van der Waals surface area contributed by atoms with Crippen molar-refractivity contribution in [3.05, 3.63) is 0 Å². The molecular formula is C10H16N2O2. The Morgan fingerprint density at radius 2 is 2.29 bits per heavy atom. The molecule has 4 heteroatoms. The molecule has 0 spiro atoms. The van der Waals surface area contributed by atoms with Crippen LogP contribution in [-0.4, -0.2) is 35.1 Å². The van der Waals surface area contributed by atoms with E-state index in [0.717, 1.165) is 0 Å².